The van der Waals surface area contributed by atoms with Crippen LogP contribution in [0.1, 0.15) is 53.2 Å². The largest absolute Gasteiger partial charge is 0.367 e. The Bertz CT molecular complexity index is 778. The zero-order chi connectivity index (χ0) is 16.8. The molecular weight excluding hydrogens is 312 g/mol. The monoisotopic (exact) mass is 336 g/mol. The van der Waals surface area contributed by atoms with E-state index < -0.39 is 0 Å². The van der Waals surface area contributed by atoms with E-state index in [-0.39, 0.29) is 22.8 Å². The van der Waals surface area contributed by atoms with Crippen molar-refractivity contribution in [2.45, 2.75) is 71.1 Å². The molecule has 1 fully saturated rings. The molecule has 126 valence electrons. The molecule has 0 radical (unpaired) electrons. The lowest BCUT2D eigenvalue weighted by atomic mass is 9.95. The molecule has 6 nitrogen and oxygen atoms in total. The van der Waals surface area contributed by atoms with E-state index in [9.17, 15) is 4.79 Å². The maximum Gasteiger partial charge on any atom is 0.275 e. The Morgan fingerprint density at radius 1 is 1.43 bits per heavy atom. The SMILES string of the molecule is CCCc1cc(=O)n2nc(NC3CC(C)(C)OC3(C)C)sc2n1. The van der Waals surface area contributed by atoms with Crippen LogP contribution < -0.4 is 10.9 Å². The fourth-order valence-corrected chi connectivity index (χ4v) is 4.11. The Balaban J connectivity index is 1.90. The van der Waals surface area contributed by atoms with E-state index in [4.69, 9.17) is 4.74 Å². The van der Waals surface area contributed by atoms with Crippen LogP contribution in [-0.2, 0) is 11.2 Å². The van der Waals surface area contributed by atoms with Gasteiger partial charge in [-0.15, -0.1) is 5.10 Å². The molecule has 0 spiro atoms. The van der Waals surface area contributed by atoms with Crippen molar-refractivity contribution >= 4 is 21.4 Å². The molecule has 0 aliphatic carbocycles. The Morgan fingerprint density at radius 3 is 2.78 bits per heavy atom. The van der Waals surface area contributed by atoms with Gasteiger partial charge in [-0.3, -0.25) is 4.79 Å². The first-order valence-electron chi connectivity index (χ1n) is 8.07. The van der Waals surface area contributed by atoms with Gasteiger partial charge in [0.15, 0.2) is 0 Å². The summed E-state index contributed by atoms with van der Waals surface area (Å²) < 4.78 is 7.48. The molecule has 1 N–H and O–H groups in total. The predicted molar refractivity (Wildman–Crippen MR) is 92.4 cm³/mol. The summed E-state index contributed by atoms with van der Waals surface area (Å²) in [7, 11) is 0. The van der Waals surface area contributed by atoms with Crippen LogP contribution in [0.3, 0.4) is 0 Å². The Labute approximate surface area is 139 Å². The lowest BCUT2D eigenvalue weighted by Crippen LogP contribution is -2.38. The minimum absolute atomic E-state index is 0.120. The number of hydrogen-bond acceptors (Lipinski definition) is 6. The predicted octanol–water partition coefficient (Wildman–Crippen LogP) is 2.86. The van der Waals surface area contributed by atoms with E-state index in [1.807, 2.05) is 0 Å². The molecular formula is C16H24N4O2S. The molecule has 23 heavy (non-hydrogen) atoms. The van der Waals surface area contributed by atoms with Gasteiger partial charge in [0, 0.05) is 11.8 Å². The van der Waals surface area contributed by atoms with E-state index in [1.165, 1.54) is 15.9 Å². The molecule has 0 aromatic carbocycles. The maximum atomic E-state index is 12.2. The zero-order valence-electron chi connectivity index (χ0n) is 14.3. The van der Waals surface area contributed by atoms with Crippen molar-refractivity contribution in [3.05, 3.63) is 22.1 Å². The molecule has 1 aliphatic rings. The number of nitrogens with zero attached hydrogens (tertiary/aromatic N) is 3. The molecule has 0 amide bonds. The summed E-state index contributed by atoms with van der Waals surface area (Å²) in [5, 5.41) is 8.53. The molecule has 2 aromatic rings. The number of aryl methyl sites for hydroxylation is 1. The molecule has 7 heteroatoms. The van der Waals surface area contributed by atoms with Crippen LogP contribution in [0.2, 0.25) is 0 Å². The molecule has 1 saturated heterocycles. The van der Waals surface area contributed by atoms with Gasteiger partial charge in [-0.05, 0) is 40.5 Å². The van der Waals surface area contributed by atoms with Crippen molar-refractivity contribution in [2.75, 3.05) is 5.32 Å². The van der Waals surface area contributed by atoms with Crippen LogP contribution in [-0.4, -0.2) is 31.8 Å². The van der Waals surface area contributed by atoms with Gasteiger partial charge in [0.2, 0.25) is 10.1 Å². The molecule has 1 atom stereocenters. The fraction of sp³-hybridized carbons (Fsp3) is 0.688. The van der Waals surface area contributed by atoms with Crippen molar-refractivity contribution in [1.29, 1.82) is 0 Å². The topological polar surface area (TPSA) is 68.5 Å². The third-order valence-electron chi connectivity index (χ3n) is 4.18. The van der Waals surface area contributed by atoms with E-state index in [0.29, 0.717) is 10.1 Å². The highest BCUT2D eigenvalue weighted by atomic mass is 32.1. The van der Waals surface area contributed by atoms with E-state index in [2.05, 4.69) is 50.0 Å². The van der Waals surface area contributed by atoms with Gasteiger partial charge in [0.05, 0.1) is 17.2 Å². The van der Waals surface area contributed by atoms with E-state index in [1.54, 1.807) is 6.07 Å². The average Bonchev–Trinajstić information content (AvgIpc) is 2.88. The highest BCUT2D eigenvalue weighted by Crippen LogP contribution is 2.39. The van der Waals surface area contributed by atoms with Crippen LogP contribution in [0, 0.1) is 0 Å². The van der Waals surface area contributed by atoms with Crippen LogP contribution in [0.25, 0.3) is 4.96 Å². The third kappa shape index (κ3) is 3.26. The van der Waals surface area contributed by atoms with Crippen LogP contribution in [0.5, 0.6) is 0 Å². The first-order valence-corrected chi connectivity index (χ1v) is 8.88. The summed E-state index contributed by atoms with van der Waals surface area (Å²) in [6.45, 7) is 10.4. The normalized spacial score (nSPS) is 22.6. The molecule has 0 bridgehead atoms. The molecule has 0 saturated carbocycles. The van der Waals surface area contributed by atoms with Gasteiger partial charge in [0.1, 0.15) is 0 Å². The first-order chi connectivity index (χ1) is 10.7. The third-order valence-corrected chi connectivity index (χ3v) is 5.02. The number of ether oxygens (including phenoxy) is 1. The molecule has 1 aliphatic heterocycles. The zero-order valence-corrected chi connectivity index (χ0v) is 15.2. The van der Waals surface area contributed by atoms with Gasteiger partial charge in [-0.2, -0.15) is 4.52 Å². The number of anilines is 1. The Morgan fingerprint density at radius 2 is 2.17 bits per heavy atom. The average molecular weight is 336 g/mol. The summed E-state index contributed by atoms with van der Waals surface area (Å²) in [5.74, 6) is 0. The number of hydrogen-bond donors (Lipinski definition) is 1. The molecule has 2 aromatic heterocycles. The van der Waals surface area contributed by atoms with Gasteiger partial charge < -0.3 is 10.1 Å². The summed E-state index contributed by atoms with van der Waals surface area (Å²) in [5.41, 5.74) is 0.261. The highest BCUT2D eigenvalue weighted by molar-refractivity contribution is 7.20. The molecule has 3 rings (SSSR count). The van der Waals surface area contributed by atoms with Gasteiger partial charge in [-0.1, -0.05) is 24.7 Å². The van der Waals surface area contributed by atoms with Crippen LogP contribution in [0.4, 0.5) is 5.13 Å². The smallest absolute Gasteiger partial charge is 0.275 e. The Kier molecular flexibility index (Phi) is 3.96. The summed E-state index contributed by atoms with van der Waals surface area (Å²) >= 11 is 1.41. The minimum Gasteiger partial charge on any atom is -0.367 e. The van der Waals surface area contributed by atoms with Crippen LogP contribution >= 0.6 is 11.3 Å². The second-order valence-corrected chi connectivity index (χ2v) is 8.26. The van der Waals surface area contributed by atoms with Crippen molar-refractivity contribution < 1.29 is 4.74 Å². The number of fused-ring (bicyclic) bond motifs is 1. The highest BCUT2D eigenvalue weighted by Gasteiger charge is 2.46. The number of nitrogens with one attached hydrogen (secondary N) is 1. The van der Waals surface area contributed by atoms with Crippen molar-refractivity contribution in [3.63, 3.8) is 0 Å². The summed E-state index contributed by atoms with van der Waals surface area (Å²) in [4.78, 5) is 17.3. The molecule has 1 unspecified atom stereocenters. The van der Waals surface area contributed by atoms with Gasteiger partial charge in [-0.25, -0.2) is 4.98 Å². The van der Waals surface area contributed by atoms with Gasteiger partial charge >= 0.3 is 0 Å². The fourth-order valence-electron chi connectivity index (χ4n) is 3.23. The Hall–Kier alpha value is -1.47. The summed E-state index contributed by atoms with van der Waals surface area (Å²) in [6, 6.07) is 1.72. The standard InChI is InChI=1S/C16H24N4O2S/c1-6-7-10-8-12(21)20-14(17-10)23-13(19-20)18-11-9-15(2,3)22-16(11,4)5/h8,11H,6-7,9H2,1-5H3,(H,18,19). The lowest BCUT2D eigenvalue weighted by molar-refractivity contribution is -0.0662. The first kappa shape index (κ1) is 16.4. The minimum atomic E-state index is -0.285. The van der Waals surface area contributed by atoms with Gasteiger partial charge in [0.25, 0.3) is 5.56 Å². The number of rotatable bonds is 4. The van der Waals surface area contributed by atoms with E-state index in [0.717, 1.165) is 25.0 Å². The lowest BCUT2D eigenvalue weighted by Gasteiger charge is -2.27. The second-order valence-electron chi connectivity index (χ2n) is 7.30. The second kappa shape index (κ2) is 5.56. The van der Waals surface area contributed by atoms with Crippen molar-refractivity contribution in [3.8, 4) is 0 Å². The quantitative estimate of drug-likeness (QED) is 0.930. The molecule has 3 heterocycles. The van der Waals surface area contributed by atoms with Crippen LogP contribution in [0.15, 0.2) is 10.9 Å². The summed E-state index contributed by atoms with van der Waals surface area (Å²) in [6.07, 6.45) is 2.67. The number of aromatic nitrogens is 3. The maximum absolute atomic E-state index is 12.2. The van der Waals surface area contributed by atoms with E-state index >= 15 is 0 Å². The van der Waals surface area contributed by atoms with Crippen molar-refractivity contribution in [1.82, 2.24) is 14.6 Å². The van der Waals surface area contributed by atoms with Crippen molar-refractivity contribution in [2.24, 2.45) is 0 Å².